The number of methoxy groups -OCH3 is 1. The summed E-state index contributed by atoms with van der Waals surface area (Å²) in [5.74, 6) is 0.111. The van der Waals surface area contributed by atoms with E-state index in [2.05, 4.69) is 43.1 Å². The topological polar surface area (TPSA) is 109 Å². The van der Waals surface area contributed by atoms with Gasteiger partial charge < -0.3 is 9.84 Å². The fourth-order valence-corrected chi connectivity index (χ4v) is 3.27. The summed E-state index contributed by atoms with van der Waals surface area (Å²) in [6.45, 7) is 3.66. The number of nitrogens with one attached hydrogen (secondary N) is 1. The Kier molecular flexibility index (Phi) is 5.57. The molecule has 1 amide bonds. The van der Waals surface area contributed by atoms with E-state index in [9.17, 15) is 9.90 Å². The second kappa shape index (κ2) is 7.89. The van der Waals surface area contributed by atoms with Gasteiger partial charge in [-0.15, -0.1) is 20.4 Å². The van der Waals surface area contributed by atoms with Crippen molar-refractivity contribution in [3.63, 3.8) is 0 Å². The van der Waals surface area contributed by atoms with Crippen LogP contribution in [0, 0.1) is 6.92 Å². The predicted octanol–water partition coefficient (Wildman–Crippen LogP) is 5.29. The summed E-state index contributed by atoms with van der Waals surface area (Å²) in [6.07, 6.45) is -0.623. The second-order valence-electron chi connectivity index (χ2n) is 5.70. The van der Waals surface area contributed by atoms with Gasteiger partial charge >= 0.3 is 6.09 Å². The maximum absolute atomic E-state index is 11.7. The fourth-order valence-electron chi connectivity index (χ4n) is 2.46. The molecule has 10 heteroatoms. The molecule has 1 unspecified atom stereocenters. The molecule has 1 aromatic heterocycles. The van der Waals surface area contributed by atoms with Crippen molar-refractivity contribution in [2.45, 2.75) is 19.1 Å². The van der Waals surface area contributed by atoms with E-state index in [1.165, 1.54) is 18.4 Å². The number of rotatable bonds is 4. The number of nitrogens with zero attached hydrogens (tertiary/aromatic N) is 4. The number of phenols is 1. The lowest BCUT2D eigenvalue weighted by Gasteiger charge is -2.12. The second-order valence-corrected chi connectivity index (χ2v) is 7.47. The van der Waals surface area contributed by atoms with Gasteiger partial charge in [-0.1, -0.05) is 23.5 Å². The van der Waals surface area contributed by atoms with Gasteiger partial charge in [0.1, 0.15) is 10.8 Å². The van der Waals surface area contributed by atoms with Crippen LogP contribution in [0.2, 0.25) is 0 Å². The number of anilines is 1. The first-order valence-electron chi connectivity index (χ1n) is 7.94. The number of benzene rings is 2. The van der Waals surface area contributed by atoms with Crippen molar-refractivity contribution in [2.75, 3.05) is 12.4 Å². The molecule has 0 aliphatic rings. The van der Waals surface area contributed by atoms with E-state index in [4.69, 9.17) is 0 Å². The molecule has 0 bridgehead atoms. The van der Waals surface area contributed by atoms with Gasteiger partial charge in [0.25, 0.3) is 5.13 Å². The van der Waals surface area contributed by atoms with Gasteiger partial charge in [-0.3, -0.25) is 5.32 Å². The summed E-state index contributed by atoms with van der Waals surface area (Å²) in [6, 6.07) is 6.84. The summed E-state index contributed by atoms with van der Waals surface area (Å²) < 4.78 is 4.66. The highest BCUT2D eigenvalue weighted by molar-refractivity contribution is 7.80. The number of fused-ring (bicyclic) bond motifs is 1. The smallest absolute Gasteiger partial charge is 0.411 e. The third-order valence-corrected chi connectivity index (χ3v) is 5.16. The lowest BCUT2D eigenvalue weighted by Crippen LogP contribution is -2.11. The molecule has 0 aliphatic heterocycles. The van der Waals surface area contributed by atoms with Crippen molar-refractivity contribution < 1.29 is 14.6 Å². The lowest BCUT2D eigenvalue weighted by molar-refractivity contribution is 0.187. The molecule has 0 saturated carbocycles. The molecule has 0 fully saturated rings. The molecule has 2 N–H and O–H groups in total. The van der Waals surface area contributed by atoms with Gasteiger partial charge in [-0.05, 0) is 31.5 Å². The molecule has 1 atom stereocenters. The number of amides is 1. The Balaban J connectivity index is 2.11. The average molecular weight is 403 g/mol. The van der Waals surface area contributed by atoms with Crippen LogP contribution in [-0.4, -0.2) is 28.5 Å². The largest absolute Gasteiger partial charge is 0.507 e. The third-order valence-electron chi connectivity index (χ3n) is 3.76. The summed E-state index contributed by atoms with van der Waals surface area (Å²) >= 11 is 5.62. The molecule has 27 heavy (non-hydrogen) atoms. The number of hydrogen-bond acceptors (Lipinski definition) is 9. The highest BCUT2D eigenvalue weighted by Gasteiger charge is 2.15. The van der Waals surface area contributed by atoms with Crippen molar-refractivity contribution in [3.8, 4) is 5.75 Å². The molecular formula is C17H17N5O3S2. The number of carbonyl (C=O) groups is 1. The lowest BCUT2D eigenvalue weighted by atomic mass is 10.0. The zero-order valence-electron chi connectivity index (χ0n) is 14.8. The molecule has 0 radical (unpaired) electrons. The molecular weight excluding hydrogens is 386 g/mol. The zero-order valence-corrected chi connectivity index (χ0v) is 16.5. The minimum Gasteiger partial charge on any atom is -0.507 e. The maximum atomic E-state index is 11.7. The predicted molar refractivity (Wildman–Crippen MR) is 108 cm³/mol. The van der Waals surface area contributed by atoms with Crippen molar-refractivity contribution in [1.29, 1.82) is 0 Å². The fraction of sp³-hybridized carbons (Fsp3) is 0.235. The van der Waals surface area contributed by atoms with E-state index >= 15 is 0 Å². The summed E-state index contributed by atoms with van der Waals surface area (Å²) in [5.41, 5.74) is 1.56. The van der Waals surface area contributed by atoms with Crippen LogP contribution in [0.5, 0.6) is 5.75 Å². The average Bonchev–Trinajstić information content (AvgIpc) is 3.13. The quantitative estimate of drug-likeness (QED) is 0.405. The summed E-state index contributed by atoms with van der Waals surface area (Å²) in [5, 5.41) is 31.6. The van der Waals surface area contributed by atoms with Crippen LogP contribution in [-0.2, 0) is 4.74 Å². The number of thiol groups is 1. The van der Waals surface area contributed by atoms with E-state index in [0.29, 0.717) is 32.8 Å². The standard InChI is InChI=1S/C17H17N5O3S2/c1-8-7-12(19-21-16-22-20-15(27-16)9(2)26)13-10(14(8)23)5-4-6-11(13)18-17(24)25-3/h4-7,9,23,26H,1-3H3,(H,18,24)/b21-19+. The number of azo groups is 1. The zero-order chi connectivity index (χ0) is 19.6. The van der Waals surface area contributed by atoms with Crippen molar-refractivity contribution in [3.05, 3.63) is 34.8 Å². The van der Waals surface area contributed by atoms with Crippen molar-refractivity contribution in [2.24, 2.45) is 10.2 Å². The van der Waals surface area contributed by atoms with Crippen LogP contribution in [0.4, 0.5) is 21.3 Å². The SMILES string of the molecule is COC(=O)Nc1cccc2c(O)c(C)cc(/N=N/c3nnc(C(C)S)s3)c12. The third kappa shape index (κ3) is 4.01. The molecule has 3 aromatic rings. The molecule has 8 nitrogen and oxygen atoms in total. The maximum Gasteiger partial charge on any atom is 0.411 e. The first kappa shape index (κ1) is 19.1. The highest BCUT2D eigenvalue weighted by Crippen LogP contribution is 2.41. The molecule has 2 aromatic carbocycles. The van der Waals surface area contributed by atoms with E-state index < -0.39 is 6.09 Å². The Hall–Kier alpha value is -2.72. The van der Waals surface area contributed by atoms with Crippen LogP contribution in [0.25, 0.3) is 10.8 Å². The number of aryl methyl sites for hydroxylation is 1. The van der Waals surface area contributed by atoms with Crippen LogP contribution in [0.3, 0.4) is 0 Å². The van der Waals surface area contributed by atoms with Gasteiger partial charge in [-0.2, -0.15) is 12.6 Å². The van der Waals surface area contributed by atoms with Crippen LogP contribution in [0.15, 0.2) is 34.5 Å². The number of carbonyl (C=O) groups excluding carboxylic acids is 1. The van der Waals surface area contributed by atoms with Crippen LogP contribution < -0.4 is 5.32 Å². The van der Waals surface area contributed by atoms with E-state index in [-0.39, 0.29) is 11.0 Å². The summed E-state index contributed by atoms with van der Waals surface area (Å²) in [7, 11) is 1.28. The Morgan fingerprint density at radius 3 is 2.81 bits per heavy atom. The number of hydrogen-bond donors (Lipinski definition) is 3. The van der Waals surface area contributed by atoms with E-state index in [1.807, 2.05) is 6.92 Å². The molecule has 3 rings (SSSR count). The van der Waals surface area contributed by atoms with Crippen LogP contribution >= 0.6 is 24.0 Å². The first-order valence-corrected chi connectivity index (χ1v) is 9.27. The van der Waals surface area contributed by atoms with Gasteiger partial charge in [0.2, 0.25) is 0 Å². The Morgan fingerprint density at radius 2 is 2.15 bits per heavy atom. The normalized spacial score (nSPS) is 12.4. The monoisotopic (exact) mass is 403 g/mol. The first-order chi connectivity index (χ1) is 12.9. The van der Waals surface area contributed by atoms with Gasteiger partial charge in [0.15, 0.2) is 0 Å². The number of ether oxygens (including phenoxy) is 1. The Bertz CT molecular complexity index is 1030. The molecule has 1 heterocycles. The molecule has 140 valence electrons. The Morgan fingerprint density at radius 1 is 1.37 bits per heavy atom. The molecule has 0 saturated heterocycles. The Labute approximate surface area is 164 Å². The number of aromatic hydroxyl groups is 1. The van der Waals surface area contributed by atoms with Gasteiger partial charge in [0.05, 0.1) is 23.7 Å². The highest BCUT2D eigenvalue weighted by atomic mass is 32.1. The van der Waals surface area contributed by atoms with E-state index in [1.54, 1.807) is 31.2 Å². The van der Waals surface area contributed by atoms with Crippen LogP contribution in [0.1, 0.15) is 22.7 Å². The number of phenolic OH excluding ortho intramolecular Hbond substituents is 1. The summed E-state index contributed by atoms with van der Waals surface area (Å²) in [4.78, 5) is 11.7. The minimum absolute atomic E-state index is 0.0425. The van der Waals surface area contributed by atoms with Gasteiger partial charge in [0, 0.05) is 10.8 Å². The van der Waals surface area contributed by atoms with Crippen molar-refractivity contribution in [1.82, 2.24) is 10.2 Å². The minimum atomic E-state index is -0.623. The molecule has 0 spiro atoms. The van der Waals surface area contributed by atoms with Crippen molar-refractivity contribution >= 4 is 57.3 Å². The number of aromatic nitrogens is 2. The van der Waals surface area contributed by atoms with Gasteiger partial charge in [-0.25, -0.2) is 4.79 Å². The van der Waals surface area contributed by atoms with E-state index in [0.717, 1.165) is 5.01 Å². The molecule has 0 aliphatic carbocycles.